The fourth-order valence-electron chi connectivity index (χ4n) is 2.56. The second-order valence-electron chi connectivity index (χ2n) is 6.02. The molecular weight excluding hydrogens is 467 g/mol. The van der Waals surface area contributed by atoms with Crippen molar-refractivity contribution in [1.82, 2.24) is 15.2 Å². The fraction of sp³-hybridized carbons (Fsp3) is 0.158. The summed E-state index contributed by atoms with van der Waals surface area (Å²) in [6.45, 7) is 2.04. The van der Waals surface area contributed by atoms with Crippen molar-refractivity contribution in [3.05, 3.63) is 67.5 Å². The number of carbonyl (C=O) groups excluding carboxylic acids is 1. The molecule has 2 heterocycles. The van der Waals surface area contributed by atoms with Gasteiger partial charge < -0.3 is 5.11 Å². The molecule has 0 aliphatic rings. The van der Waals surface area contributed by atoms with Gasteiger partial charge in [-0.1, -0.05) is 47.1 Å². The number of carboxylic acid groups (broad SMARTS) is 1. The van der Waals surface area contributed by atoms with Gasteiger partial charge in [0.15, 0.2) is 0 Å². The molecule has 0 atom stereocenters. The molecule has 7 nitrogen and oxygen atoms in total. The van der Waals surface area contributed by atoms with Crippen LogP contribution in [-0.4, -0.2) is 38.7 Å². The van der Waals surface area contributed by atoms with Gasteiger partial charge in [-0.25, -0.2) is 5.43 Å². The summed E-state index contributed by atoms with van der Waals surface area (Å²) in [6, 6.07) is 8.67. The first-order valence-corrected chi connectivity index (χ1v) is 11.2. The van der Waals surface area contributed by atoms with Crippen molar-refractivity contribution in [3.8, 4) is 0 Å². The number of carboxylic acids is 1. The van der Waals surface area contributed by atoms with Crippen molar-refractivity contribution in [2.75, 3.05) is 5.75 Å². The Labute approximate surface area is 190 Å². The first-order chi connectivity index (χ1) is 14.4. The Morgan fingerprint density at radius 1 is 1.30 bits per heavy atom. The van der Waals surface area contributed by atoms with Gasteiger partial charge in [0.1, 0.15) is 5.03 Å². The van der Waals surface area contributed by atoms with Crippen LogP contribution in [0.3, 0.4) is 0 Å². The topological polar surface area (TPSA) is 96.6 Å². The van der Waals surface area contributed by atoms with Crippen LogP contribution in [-0.2, 0) is 11.3 Å². The van der Waals surface area contributed by atoms with Crippen molar-refractivity contribution in [3.63, 3.8) is 0 Å². The highest BCUT2D eigenvalue weighted by Gasteiger charge is 2.18. The van der Waals surface area contributed by atoms with Crippen molar-refractivity contribution in [2.24, 2.45) is 5.10 Å². The monoisotopic (exact) mass is 482 g/mol. The van der Waals surface area contributed by atoms with Crippen LogP contribution >= 0.6 is 46.3 Å². The molecule has 2 aromatic heterocycles. The Bertz CT molecular complexity index is 1080. The normalized spacial score (nSPS) is 11.2. The molecule has 0 saturated carbocycles. The number of nitrogens with zero attached hydrogens (tertiary/aromatic N) is 3. The van der Waals surface area contributed by atoms with Gasteiger partial charge in [0.2, 0.25) is 0 Å². The molecule has 1 amide bonds. The third-order valence-corrected chi connectivity index (χ3v) is 6.60. The maximum Gasteiger partial charge on any atom is 0.313 e. The molecule has 1 aromatic carbocycles. The number of aromatic nitrogens is 2. The Kier molecular flexibility index (Phi) is 7.54. The number of hydrazone groups is 1. The number of benzene rings is 1. The second-order valence-corrected chi connectivity index (χ2v) is 8.75. The predicted octanol–water partition coefficient (Wildman–Crippen LogP) is 4.55. The van der Waals surface area contributed by atoms with Gasteiger partial charge in [-0.15, -0.1) is 11.3 Å². The fourth-order valence-corrected chi connectivity index (χ4v) is 4.56. The highest BCUT2D eigenvalue weighted by atomic mass is 35.5. The van der Waals surface area contributed by atoms with E-state index in [1.54, 1.807) is 47.3 Å². The third-order valence-electron chi connectivity index (χ3n) is 3.93. The van der Waals surface area contributed by atoms with E-state index in [0.717, 1.165) is 11.8 Å². The summed E-state index contributed by atoms with van der Waals surface area (Å²) in [6.07, 6.45) is 1.46. The minimum Gasteiger partial charge on any atom is -0.481 e. The first-order valence-electron chi connectivity index (χ1n) is 8.58. The summed E-state index contributed by atoms with van der Waals surface area (Å²) < 4.78 is 1.64. The van der Waals surface area contributed by atoms with E-state index >= 15 is 0 Å². The number of hydrogen-bond donors (Lipinski definition) is 2. The lowest BCUT2D eigenvalue weighted by Gasteiger charge is -2.10. The van der Waals surface area contributed by atoms with E-state index in [9.17, 15) is 9.59 Å². The molecular formula is C19H16Cl2N4O3S2. The molecule has 3 aromatic rings. The number of rotatable bonds is 8. The summed E-state index contributed by atoms with van der Waals surface area (Å²) in [4.78, 5) is 23.7. The molecule has 0 fully saturated rings. The van der Waals surface area contributed by atoms with Crippen LogP contribution in [0.2, 0.25) is 10.0 Å². The quantitative estimate of drug-likeness (QED) is 0.279. The first kappa shape index (κ1) is 22.4. The van der Waals surface area contributed by atoms with E-state index in [1.807, 2.05) is 0 Å². The summed E-state index contributed by atoms with van der Waals surface area (Å²) >= 11 is 15.0. The Hall–Kier alpha value is -2.33. The van der Waals surface area contributed by atoms with Crippen molar-refractivity contribution < 1.29 is 14.7 Å². The number of carbonyl (C=O) groups is 2. The lowest BCUT2D eigenvalue weighted by Crippen LogP contribution is -2.16. The number of thioether (sulfide) groups is 1. The number of halogens is 2. The summed E-state index contributed by atoms with van der Waals surface area (Å²) in [5.41, 5.74) is 4.37. The highest BCUT2D eigenvalue weighted by Crippen LogP contribution is 2.29. The van der Waals surface area contributed by atoms with Gasteiger partial charge >= 0.3 is 5.97 Å². The zero-order valence-corrected chi connectivity index (χ0v) is 18.8. The number of aliphatic carboxylic acids is 1. The summed E-state index contributed by atoms with van der Waals surface area (Å²) in [5.74, 6) is -1.45. The van der Waals surface area contributed by atoms with E-state index < -0.39 is 5.97 Å². The third kappa shape index (κ3) is 5.42. The van der Waals surface area contributed by atoms with Crippen LogP contribution < -0.4 is 5.43 Å². The Balaban J connectivity index is 1.89. The lowest BCUT2D eigenvalue weighted by atomic mass is 10.2. The SMILES string of the molecule is Cc1nn(Cc2c(Cl)cccc2Cl)c(SCC(=O)O)c1/C=N/NC(=O)c1cccs1. The minimum atomic E-state index is -0.963. The molecule has 0 spiro atoms. The number of hydrogen-bond acceptors (Lipinski definition) is 6. The second kappa shape index (κ2) is 10.1. The van der Waals surface area contributed by atoms with Crippen LogP contribution in [0, 0.1) is 6.92 Å². The predicted molar refractivity (Wildman–Crippen MR) is 120 cm³/mol. The van der Waals surface area contributed by atoms with E-state index in [1.165, 1.54) is 17.6 Å². The van der Waals surface area contributed by atoms with Crippen LogP contribution in [0.4, 0.5) is 0 Å². The molecule has 30 heavy (non-hydrogen) atoms. The molecule has 0 aliphatic carbocycles. The average Bonchev–Trinajstić information content (AvgIpc) is 3.32. The number of nitrogens with one attached hydrogen (secondary N) is 1. The number of thiophene rings is 1. The van der Waals surface area contributed by atoms with E-state index in [-0.39, 0.29) is 18.2 Å². The molecule has 0 unspecified atom stereocenters. The minimum absolute atomic E-state index is 0.163. The number of aryl methyl sites for hydroxylation is 1. The van der Waals surface area contributed by atoms with Crippen LogP contribution in [0.25, 0.3) is 0 Å². The Morgan fingerprint density at radius 2 is 2.03 bits per heavy atom. The van der Waals surface area contributed by atoms with Gasteiger partial charge in [0, 0.05) is 21.2 Å². The van der Waals surface area contributed by atoms with Crippen molar-refractivity contribution in [2.45, 2.75) is 18.5 Å². The van der Waals surface area contributed by atoms with E-state index in [2.05, 4.69) is 15.6 Å². The van der Waals surface area contributed by atoms with Gasteiger partial charge in [0.25, 0.3) is 5.91 Å². The highest BCUT2D eigenvalue weighted by molar-refractivity contribution is 8.00. The molecule has 2 N–H and O–H groups in total. The molecule has 0 aliphatic heterocycles. The summed E-state index contributed by atoms with van der Waals surface area (Å²) in [7, 11) is 0. The maximum absolute atomic E-state index is 12.1. The van der Waals surface area contributed by atoms with Gasteiger partial charge in [-0.2, -0.15) is 10.2 Å². The summed E-state index contributed by atoms with van der Waals surface area (Å²) in [5, 5.41) is 21.0. The smallest absolute Gasteiger partial charge is 0.313 e. The van der Waals surface area contributed by atoms with Crippen LogP contribution in [0.5, 0.6) is 0 Å². The van der Waals surface area contributed by atoms with Crippen LogP contribution in [0.1, 0.15) is 26.5 Å². The van der Waals surface area contributed by atoms with Crippen LogP contribution in [0.15, 0.2) is 45.8 Å². The zero-order valence-electron chi connectivity index (χ0n) is 15.6. The van der Waals surface area contributed by atoms with E-state index in [4.69, 9.17) is 28.3 Å². The van der Waals surface area contributed by atoms with Crippen molar-refractivity contribution in [1.29, 1.82) is 0 Å². The number of amides is 1. The molecule has 3 rings (SSSR count). The standard InChI is InChI=1S/C19H16Cl2N4O3S2/c1-11-12(8-22-23-18(28)16-6-3-7-29-16)19(30-10-17(26)27)25(24-11)9-13-14(20)4-2-5-15(13)21/h2-8H,9-10H2,1H3,(H,23,28)(H,26,27)/b22-8+. The van der Waals surface area contributed by atoms with Gasteiger partial charge in [-0.05, 0) is 30.5 Å². The molecule has 0 bridgehead atoms. The Morgan fingerprint density at radius 3 is 2.67 bits per heavy atom. The zero-order chi connectivity index (χ0) is 21.7. The van der Waals surface area contributed by atoms with Gasteiger partial charge in [0.05, 0.1) is 29.1 Å². The van der Waals surface area contributed by atoms with Crippen molar-refractivity contribution >= 4 is 64.4 Å². The maximum atomic E-state index is 12.1. The largest absolute Gasteiger partial charge is 0.481 e. The average molecular weight is 483 g/mol. The molecule has 156 valence electrons. The molecule has 11 heteroatoms. The molecule has 0 radical (unpaired) electrons. The van der Waals surface area contributed by atoms with Gasteiger partial charge in [-0.3, -0.25) is 14.3 Å². The molecule has 0 saturated heterocycles. The lowest BCUT2D eigenvalue weighted by molar-refractivity contribution is -0.133. The van der Waals surface area contributed by atoms with E-state index in [0.29, 0.717) is 36.8 Å².